The molecule has 4 rings (SSSR count). The van der Waals surface area contributed by atoms with Gasteiger partial charge in [-0.25, -0.2) is 5.43 Å². The van der Waals surface area contributed by atoms with Crippen molar-refractivity contribution in [2.75, 3.05) is 5.43 Å². The summed E-state index contributed by atoms with van der Waals surface area (Å²) >= 11 is 1.57. The summed E-state index contributed by atoms with van der Waals surface area (Å²) in [6.45, 7) is 6.87. The monoisotopic (exact) mass is 397 g/mol. The Morgan fingerprint density at radius 2 is 2.07 bits per heavy atom. The maximum atomic E-state index is 12.5. The van der Waals surface area contributed by atoms with Gasteiger partial charge in [-0.3, -0.25) is 15.2 Å². The van der Waals surface area contributed by atoms with E-state index < -0.39 is 0 Å². The molecule has 0 fully saturated rings. The standard InChI is InChI=1S/C20H23N5O2S/c1-20(2,3)14-4-5-15-13(10-14)11-16(28-15)18(26)23-24-19-22-17(25-27-19)12-6-8-21-9-7-12/h6-9,11,14H,4-5,10H2,1-3H3,(H,23,26)(H,22,24,25)/t14-/m1/s1. The van der Waals surface area contributed by atoms with E-state index in [0.29, 0.717) is 16.6 Å². The minimum absolute atomic E-state index is 0.134. The lowest BCUT2D eigenvalue weighted by Crippen LogP contribution is -2.28. The second-order valence-corrected chi connectivity index (χ2v) is 9.24. The van der Waals surface area contributed by atoms with Gasteiger partial charge in [0, 0.05) is 22.8 Å². The molecule has 0 aromatic carbocycles. The molecule has 0 unspecified atom stereocenters. The molecule has 28 heavy (non-hydrogen) atoms. The van der Waals surface area contributed by atoms with E-state index in [9.17, 15) is 4.79 Å². The molecule has 0 aliphatic heterocycles. The molecule has 0 bridgehead atoms. The Morgan fingerprint density at radius 3 is 2.82 bits per heavy atom. The van der Waals surface area contributed by atoms with Crippen molar-refractivity contribution in [1.82, 2.24) is 20.6 Å². The number of aromatic nitrogens is 3. The number of pyridine rings is 1. The zero-order valence-electron chi connectivity index (χ0n) is 16.2. The van der Waals surface area contributed by atoms with E-state index in [1.54, 1.807) is 35.9 Å². The number of nitrogens with one attached hydrogen (secondary N) is 2. The van der Waals surface area contributed by atoms with Crippen LogP contribution in [0.15, 0.2) is 35.1 Å². The molecule has 1 aliphatic rings. The predicted octanol–water partition coefficient (Wildman–Crippen LogP) is 4.10. The molecule has 1 atom stereocenters. The predicted molar refractivity (Wildman–Crippen MR) is 108 cm³/mol. The van der Waals surface area contributed by atoms with Crippen LogP contribution >= 0.6 is 11.3 Å². The highest BCUT2D eigenvalue weighted by molar-refractivity contribution is 7.14. The number of thiophene rings is 1. The van der Waals surface area contributed by atoms with Gasteiger partial charge >= 0.3 is 6.01 Å². The average Bonchev–Trinajstić information content (AvgIpc) is 3.32. The van der Waals surface area contributed by atoms with Gasteiger partial charge in [0.15, 0.2) is 0 Å². The van der Waals surface area contributed by atoms with Crippen LogP contribution in [0.3, 0.4) is 0 Å². The van der Waals surface area contributed by atoms with Gasteiger partial charge in [0.1, 0.15) is 0 Å². The first-order valence-electron chi connectivity index (χ1n) is 9.32. The highest BCUT2D eigenvalue weighted by Gasteiger charge is 2.30. The summed E-state index contributed by atoms with van der Waals surface area (Å²) in [7, 11) is 0. The van der Waals surface area contributed by atoms with Gasteiger partial charge in [-0.15, -0.1) is 11.3 Å². The molecule has 8 heteroatoms. The Balaban J connectivity index is 1.39. The first-order chi connectivity index (χ1) is 13.4. The number of fused-ring (bicyclic) bond motifs is 1. The van der Waals surface area contributed by atoms with Crippen LogP contribution in [0.4, 0.5) is 6.01 Å². The normalized spacial score (nSPS) is 16.5. The second kappa shape index (κ2) is 7.35. The van der Waals surface area contributed by atoms with E-state index in [1.165, 1.54) is 16.9 Å². The molecule has 7 nitrogen and oxygen atoms in total. The molecule has 0 saturated carbocycles. The van der Waals surface area contributed by atoms with Gasteiger partial charge in [0.05, 0.1) is 4.88 Å². The summed E-state index contributed by atoms with van der Waals surface area (Å²) < 4.78 is 5.13. The highest BCUT2D eigenvalue weighted by Crippen LogP contribution is 2.40. The number of aryl methyl sites for hydroxylation is 1. The van der Waals surface area contributed by atoms with Crippen LogP contribution < -0.4 is 10.9 Å². The van der Waals surface area contributed by atoms with E-state index >= 15 is 0 Å². The number of hydrazine groups is 1. The van der Waals surface area contributed by atoms with Crippen molar-refractivity contribution in [3.05, 3.63) is 45.9 Å². The van der Waals surface area contributed by atoms with Crippen molar-refractivity contribution in [3.8, 4) is 11.4 Å². The fourth-order valence-electron chi connectivity index (χ4n) is 3.44. The van der Waals surface area contributed by atoms with Gasteiger partial charge in [-0.05, 0) is 54.4 Å². The zero-order chi connectivity index (χ0) is 19.7. The maximum Gasteiger partial charge on any atom is 0.340 e. The van der Waals surface area contributed by atoms with Crippen LogP contribution in [0.5, 0.6) is 0 Å². The third kappa shape index (κ3) is 3.91. The largest absolute Gasteiger partial charge is 0.340 e. The lowest BCUT2D eigenvalue weighted by molar-refractivity contribution is 0.0965. The van der Waals surface area contributed by atoms with Crippen LogP contribution in [-0.4, -0.2) is 21.0 Å². The fourth-order valence-corrected chi connectivity index (χ4v) is 4.54. The minimum Gasteiger partial charge on any atom is -0.313 e. The number of carbonyl (C=O) groups excluding carboxylic acids is 1. The molecule has 0 spiro atoms. The third-order valence-corrected chi connectivity index (χ3v) is 6.41. The highest BCUT2D eigenvalue weighted by atomic mass is 32.1. The molecule has 0 radical (unpaired) electrons. The summed E-state index contributed by atoms with van der Waals surface area (Å²) in [5.74, 6) is 0.878. The van der Waals surface area contributed by atoms with Crippen LogP contribution in [0, 0.1) is 11.3 Å². The minimum atomic E-state index is -0.199. The summed E-state index contributed by atoms with van der Waals surface area (Å²) in [5.41, 5.74) is 7.72. The van der Waals surface area contributed by atoms with Crippen LogP contribution in [-0.2, 0) is 12.8 Å². The van der Waals surface area contributed by atoms with E-state index in [4.69, 9.17) is 4.52 Å². The molecular formula is C20H23N5O2S. The first-order valence-corrected chi connectivity index (χ1v) is 10.1. The number of nitrogens with zero attached hydrogens (tertiary/aromatic N) is 3. The lowest BCUT2D eigenvalue weighted by atomic mass is 9.72. The molecule has 146 valence electrons. The number of anilines is 1. The number of amides is 1. The van der Waals surface area contributed by atoms with Gasteiger partial charge < -0.3 is 4.52 Å². The van der Waals surface area contributed by atoms with Crippen LogP contribution in [0.2, 0.25) is 0 Å². The number of hydrogen-bond acceptors (Lipinski definition) is 7. The Kier molecular flexibility index (Phi) is 4.89. The van der Waals surface area contributed by atoms with Crippen molar-refractivity contribution in [3.63, 3.8) is 0 Å². The maximum absolute atomic E-state index is 12.5. The van der Waals surface area contributed by atoms with Crippen molar-refractivity contribution < 1.29 is 9.32 Å². The Morgan fingerprint density at radius 1 is 1.29 bits per heavy atom. The summed E-state index contributed by atoms with van der Waals surface area (Å²) in [4.78, 5) is 22.7. The van der Waals surface area contributed by atoms with E-state index in [2.05, 4.69) is 46.7 Å². The Bertz CT molecular complexity index is 974. The number of rotatable bonds is 4. The van der Waals surface area contributed by atoms with Gasteiger partial charge in [-0.2, -0.15) is 4.98 Å². The number of hydrogen-bond donors (Lipinski definition) is 2. The first kappa shape index (κ1) is 18.6. The van der Waals surface area contributed by atoms with Gasteiger partial charge in [-0.1, -0.05) is 25.9 Å². The van der Waals surface area contributed by atoms with Crippen molar-refractivity contribution in [2.45, 2.75) is 40.0 Å². The average molecular weight is 398 g/mol. The summed E-state index contributed by atoms with van der Waals surface area (Å²) in [6.07, 6.45) is 6.57. The van der Waals surface area contributed by atoms with Gasteiger partial charge in [0.2, 0.25) is 5.82 Å². The molecule has 3 aromatic heterocycles. The van der Waals surface area contributed by atoms with Crippen molar-refractivity contribution >= 4 is 23.3 Å². The Hall–Kier alpha value is -2.74. The summed E-state index contributed by atoms with van der Waals surface area (Å²) in [6, 6.07) is 5.72. The zero-order valence-corrected chi connectivity index (χ0v) is 17.0. The second-order valence-electron chi connectivity index (χ2n) is 8.10. The quantitative estimate of drug-likeness (QED) is 0.644. The summed E-state index contributed by atoms with van der Waals surface area (Å²) in [5, 5.41) is 3.90. The topological polar surface area (TPSA) is 92.9 Å². The van der Waals surface area contributed by atoms with Gasteiger partial charge in [0.25, 0.3) is 5.91 Å². The van der Waals surface area contributed by atoms with E-state index in [-0.39, 0.29) is 17.3 Å². The van der Waals surface area contributed by atoms with E-state index in [0.717, 1.165) is 18.4 Å². The van der Waals surface area contributed by atoms with Crippen molar-refractivity contribution in [2.24, 2.45) is 11.3 Å². The van der Waals surface area contributed by atoms with Crippen molar-refractivity contribution in [1.29, 1.82) is 0 Å². The lowest BCUT2D eigenvalue weighted by Gasteiger charge is -2.33. The van der Waals surface area contributed by atoms with Crippen LogP contribution in [0.25, 0.3) is 11.4 Å². The smallest absolute Gasteiger partial charge is 0.313 e. The van der Waals surface area contributed by atoms with E-state index in [1.807, 2.05) is 6.07 Å². The fraction of sp³-hybridized carbons (Fsp3) is 0.400. The molecule has 0 saturated heterocycles. The van der Waals surface area contributed by atoms with Crippen LogP contribution in [0.1, 0.15) is 47.3 Å². The third-order valence-electron chi connectivity index (χ3n) is 5.18. The molecule has 2 N–H and O–H groups in total. The molecule has 1 amide bonds. The molecular weight excluding hydrogens is 374 g/mol. The Labute approximate surface area is 167 Å². The molecule has 3 aromatic rings. The molecule has 1 aliphatic carbocycles. The molecule has 3 heterocycles. The number of carbonyl (C=O) groups is 1. The SMILES string of the molecule is CC(C)(C)[C@@H]1CCc2sc(C(=O)NNc3nc(-c4ccncc4)no3)cc2C1.